The number of morpholine rings is 1. The maximum absolute atomic E-state index is 13.9. The van der Waals surface area contributed by atoms with Crippen molar-refractivity contribution in [3.63, 3.8) is 0 Å². The van der Waals surface area contributed by atoms with E-state index in [4.69, 9.17) is 22.1 Å². The minimum absolute atomic E-state index is 0.258. The number of carbonyl (C=O) groups excluding carboxylic acids is 1. The fourth-order valence-corrected chi connectivity index (χ4v) is 2.25. The van der Waals surface area contributed by atoms with Crippen LogP contribution in [0.4, 0.5) is 4.39 Å². The van der Waals surface area contributed by atoms with E-state index in [0.717, 1.165) is 0 Å². The number of carbonyl (C=O) groups is 1. The molecule has 1 aromatic carbocycles. The third-order valence-electron chi connectivity index (χ3n) is 2.94. The zero-order chi connectivity index (χ0) is 13.1. The fraction of sp³-hybridized carbons (Fsp3) is 0.417. The Balaban J connectivity index is 2.31. The van der Waals surface area contributed by atoms with Gasteiger partial charge in [0.05, 0.1) is 13.2 Å². The zero-order valence-corrected chi connectivity index (χ0v) is 10.5. The molecule has 0 bridgehead atoms. The third-order valence-corrected chi connectivity index (χ3v) is 3.17. The lowest BCUT2D eigenvalue weighted by Gasteiger charge is -2.32. The summed E-state index contributed by atoms with van der Waals surface area (Å²) in [6, 6.07) is 3.47. The van der Waals surface area contributed by atoms with E-state index in [-0.39, 0.29) is 5.56 Å². The van der Waals surface area contributed by atoms with Gasteiger partial charge in [-0.1, -0.05) is 17.7 Å². The second-order valence-electron chi connectivity index (χ2n) is 4.12. The Morgan fingerprint density at radius 1 is 1.44 bits per heavy atom. The lowest BCUT2D eigenvalue weighted by Crippen LogP contribution is -2.44. The number of nitrogens with zero attached hydrogens (tertiary/aromatic N) is 1. The lowest BCUT2D eigenvalue weighted by atomic mass is 10.0. The Morgan fingerprint density at radius 3 is 2.67 bits per heavy atom. The van der Waals surface area contributed by atoms with Crippen LogP contribution >= 0.6 is 11.6 Å². The van der Waals surface area contributed by atoms with Gasteiger partial charge in [0.1, 0.15) is 11.9 Å². The Bertz CT molecular complexity index is 450. The van der Waals surface area contributed by atoms with Crippen LogP contribution in [0.5, 0.6) is 0 Å². The smallest absolute Gasteiger partial charge is 0.239 e. The molecular weight excluding hydrogens is 259 g/mol. The van der Waals surface area contributed by atoms with E-state index in [1.54, 1.807) is 6.07 Å². The minimum atomic E-state index is -0.772. The van der Waals surface area contributed by atoms with Gasteiger partial charge < -0.3 is 10.5 Å². The molecule has 4 nitrogen and oxygen atoms in total. The van der Waals surface area contributed by atoms with Crippen LogP contribution in [0.2, 0.25) is 5.02 Å². The van der Waals surface area contributed by atoms with Crippen LogP contribution in [0.25, 0.3) is 0 Å². The van der Waals surface area contributed by atoms with Crippen LogP contribution in [0, 0.1) is 5.82 Å². The topological polar surface area (TPSA) is 55.6 Å². The molecule has 1 fully saturated rings. The number of primary amides is 1. The number of amides is 1. The number of ether oxygens (including phenoxy) is 1. The summed E-state index contributed by atoms with van der Waals surface area (Å²) >= 11 is 5.70. The quantitative estimate of drug-likeness (QED) is 0.903. The summed E-state index contributed by atoms with van der Waals surface area (Å²) in [6.45, 7) is 2.13. The van der Waals surface area contributed by atoms with E-state index in [0.29, 0.717) is 31.3 Å². The molecule has 18 heavy (non-hydrogen) atoms. The van der Waals surface area contributed by atoms with E-state index in [9.17, 15) is 9.18 Å². The van der Waals surface area contributed by atoms with Crippen molar-refractivity contribution in [2.75, 3.05) is 26.3 Å². The highest BCUT2D eigenvalue weighted by molar-refractivity contribution is 6.30. The second-order valence-corrected chi connectivity index (χ2v) is 4.56. The number of nitrogens with two attached hydrogens (primary N) is 1. The van der Waals surface area contributed by atoms with Crippen molar-refractivity contribution < 1.29 is 13.9 Å². The first-order valence-electron chi connectivity index (χ1n) is 5.65. The number of hydrogen-bond donors (Lipinski definition) is 1. The average molecular weight is 273 g/mol. The van der Waals surface area contributed by atoms with E-state index >= 15 is 0 Å². The molecule has 0 radical (unpaired) electrons. The first-order valence-corrected chi connectivity index (χ1v) is 6.03. The Labute approximate surface area is 109 Å². The van der Waals surface area contributed by atoms with Crippen LogP contribution in [-0.4, -0.2) is 37.1 Å². The molecule has 1 aromatic rings. The summed E-state index contributed by atoms with van der Waals surface area (Å²) in [5.74, 6) is -1.09. The number of rotatable bonds is 3. The predicted molar refractivity (Wildman–Crippen MR) is 65.7 cm³/mol. The molecule has 2 rings (SSSR count). The molecule has 0 aliphatic carbocycles. The molecule has 6 heteroatoms. The van der Waals surface area contributed by atoms with Gasteiger partial charge in [0.15, 0.2) is 0 Å². The van der Waals surface area contributed by atoms with Crippen molar-refractivity contribution in [3.05, 3.63) is 34.6 Å². The molecule has 2 N–H and O–H groups in total. The van der Waals surface area contributed by atoms with Crippen molar-refractivity contribution in [2.45, 2.75) is 6.04 Å². The van der Waals surface area contributed by atoms with Gasteiger partial charge in [0, 0.05) is 23.7 Å². The van der Waals surface area contributed by atoms with Crippen molar-refractivity contribution in [2.24, 2.45) is 5.73 Å². The van der Waals surface area contributed by atoms with Gasteiger partial charge in [-0.15, -0.1) is 0 Å². The number of halogens is 2. The molecule has 1 atom stereocenters. The van der Waals surface area contributed by atoms with E-state index in [1.165, 1.54) is 12.1 Å². The van der Waals surface area contributed by atoms with Crippen LogP contribution < -0.4 is 5.73 Å². The van der Waals surface area contributed by atoms with Gasteiger partial charge >= 0.3 is 0 Å². The van der Waals surface area contributed by atoms with Crippen molar-refractivity contribution >= 4 is 17.5 Å². The second kappa shape index (κ2) is 5.65. The summed E-state index contributed by atoms with van der Waals surface area (Å²) in [5.41, 5.74) is 5.64. The van der Waals surface area contributed by atoms with E-state index in [2.05, 4.69) is 0 Å². The molecule has 1 unspecified atom stereocenters. The monoisotopic (exact) mass is 272 g/mol. The Kier molecular flexibility index (Phi) is 4.16. The van der Waals surface area contributed by atoms with Gasteiger partial charge in [0.2, 0.25) is 5.91 Å². The Morgan fingerprint density at radius 2 is 2.11 bits per heavy atom. The first kappa shape index (κ1) is 13.3. The summed E-state index contributed by atoms with van der Waals surface area (Å²) in [7, 11) is 0. The highest BCUT2D eigenvalue weighted by atomic mass is 35.5. The van der Waals surface area contributed by atoms with Crippen LogP contribution in [-0.2, 0) is 9.53 Å². The van der Waals surface area contributed by atoms with Crippen LogP contribution in [0.3, 0.4) is 0 Å². The van der Waals surface area contributed by atoms with Gasteiger partial charge in [-0.05, 0) is 12.1 Å². The fourth-order valence-electron chi connectivity index (χ4n) is 2.09. The Hall–Kier alpha value is -1.17. The predicted octanol–water partition coefficient (Wildman–Crippen LogP) is 1.34. The molecule has 1 heterocycles. The van der Waals surface area contributed by atoms with Crippen LogP contribution in [0.1, 0.15) is 11.6 Å². The summed E-state index contributed by atoms with van der Waals surface area (Å²) in [5, 5.41) is 0.293. The largest absolute Gasteiger partial charge is 0.379 e. The third kappa shape index (κ3) is 2.80. The maximum Gasteiger partial charge on any atom is 0.239 e. The highest BCUT2D eigenvalue weighted by Gasteiger charge is 2.29. The highest BCUT2D eigenvalue weighted by Crippen LogP contribution is 2.26. The van der Waals surface area contributed by atoms with E-state index < -0.39 is 17.8 Å². The molecule has 1 saturated heterocycles. The molecule has 98 valence electrons. The molecule has 1 aliphatic rings. The van der Waals surface area contributed by atoms with Crippen molar-refractivity contribution in [1.82, 2.24) is 4.90 Å². The van der Waals surface area contributed by atoms with Crippen molar-refractivity contribution in [1.29, 1.82) is 0 Å². The zero-order valence-electron chi connectivity index (χ0n) is 9.73. The van der Waals surface area contributed by atoms with Gasteiger partial charge in [-0.3, -0.25) is 9.69 Å². The number of benzene rings is 1. The SMILES string of the molecule is NC(=O)C(c1ccc(Cl)cc1F)N1CCOCC1. The molecule has 0 spiro atoms. The lowest BCUT2D eigenvalue weighted by molar-refractivity contribution is -0.125. The number of hydrogen-bond acceptors (Lipinski definition) is 3. The molecular formula is C12H14ClFN2O2. The van der Waals surface area contributed by atoms with Gasteiger partial charge in [0.25, 0.3) is 0 Å². The summed E-state index contributed by atoms with van der Waals surface area (Å²) < 4.78 is 19.1. The van der Waals surface area contributed by atoms with E-state index in [1.807, 2.05) is 4.90 Å². The maximum atomic E-state index is 13.9. The first-order chi connectivity index (χ1) is 8.59. The van der Waals surface area contributed by atoms with Gasteiger partial charge in [-0.2, -0.15) is 0 Å². The molecule has 0 aromatic heterocycles. The summed E-state index contributed by atoms with van der Waals surface area (Å²) in [4.78, 5) is 13.4. The average Bonchev–Trinajstić information content (AvgIpc) is 2.33. The summed E-state index contributed by atoms with van der Waals surface area (Å²) in [6.07, 6.45) is 0. The van der Waals surface area contributed by atoms with Crippen molar-refractivity contribution in [3.8, 4) is 0 Å². The molecule has 0 saturated carbocycles. The normalized spacial score (nSPS) is 18.6. The van der Waals surface area contributed by atoms with Crippen LogP contribution in [0.15, 0.2) is 18.2 Å². The molecule has 1 amide bonds. The molecule has 1 aliphatic heterocycles. The standard InChI is InChI=1S/C12H14ClFN2O2/c13-8-1-2-9(10(14)7-8)11(12(15)17)16-3-5-18-6-4-16/h1-2,7,11H,3-6H2,(H2,15,17). The minimum Gasteiger partial charge on any atom is -0.379 e. The van der Waals surface area contributed by atoms with Gasteiger partial charge in [-0.25, -0.2) is 4.39 Å².